The SMILES string of the molecule is COc1ccc(/C=C/C(=O)N2CCN(c3cc(C)nc(C(C)C)n3)CC2)cc1F. The van der Waals surface area contributed by atoms with E-state index in [9.17, 15) is 9.18 Å². The predicted molar refractivity (Wildman–Crippen MR) is 112 cm³/mol. The molecule has 2 heterocycles. The molecule has 0 saturated carbocycles. The van der Waals surface area contributed by atoms with Crippen LogP contribution in [0.3, 0.4) is 0 Å². The molecule has 6 nitrogen and oxygen atoms in total. The molecule has 1 aliphatic heterocycles. The largest absolute Gasteiger partial charge is 0.494 e. The summed E-state index contributed by atoms with van der Waals surface area (Å²) in [4.78, 5) is 25.7. The molecule has 1 aromatic heterocycles. The molecule has 0 aliphatic carbocycles. The van der Waals surface area contributed by atoms with Gasteiger partial charge in [0.1, 0.15) is 11.6 Å². The van der Waals surface area contributed by atoms with Gasteiger partial charge in [0, 0.05) is 49.9 Å². The number of ether oxygens (including phenoxy) is 1. The van der Waals surface area contributed by atoms with Crippen LogP contribution in [-0.4, -0.2) is 54.1 Å². The number of halogens is 1. The maximum Gasteiger partial charge on any atom is 0.246 e. The molecule has 1 amide bonds. The first-order valence-corrected chi connectivity index (χ1v) is 9.78. The number of rotatable bonds is 5. The third-order valence-electron chi connectivity index (χ3n) is 4.88. The van der Waals surface area contributed by atoms with E-state index in [0.717, 1.165) is 17.3 Å². The van der Waals surface area contributed by atoms with E-state index in [1.807, 2.05) is 13.0 Å². The third kappa shape index (κ3) is 5.10. The Morgan fingerprint density at radius 1 is 1.17 bits per heavy atom. The zero-order chi connectivity index (χ0) is 21.0. The molecular weight excluding hydrogens is 371 g/mol. The van der Waals surface area contributed by atoms with Crippen LogP contribution in [0.1, 0.15) is 36.8 Å². The van der Waals surface area contributed by atoms with E-state index in [1.54, 1.807) is 23.1 Å². The summed E-state index contributed by atoms with van der Waals surface area (Å²) in [5.41, 5.74) is 1.57. The smallest absolute Gasteiger partial charge is 0.246 e. The number of piperazine rings is 1. The van der Waals surface area contributed by atoms with Crippen LogP contribution in [0.4, 0.5) is 10.2 Å². The monoisotopic (exact) mass is 398 g/mol. The van der Waals surface area contributed by atoms with E-state index in [4.69, 9.17) is 4.74 Å². The number of methoxy groups -OCH3 is 1. The zero-order valence-electron chi connectivity index (χ0n) is 17.4. The van der Waals surface area contributed by atoms with Gasteiger partial charge < -0.3 is 14.5 Å². The van der Waals surface area contributed by atoms with Crippen molar-refractivity contribution in [2.45, 2.75) is 26.7 Å². The first kappa shape index (κ1) is 20.8. The zero-order valence-corrected chi connectivity index (χ0v) is 17.4. The summed E-state index contributed by atoms with van der Waals surface area (Å²) >= 11 is 0. The van der Waals surface area contributed by atoms with Crippen molar-refractivity contribution in [2.75, 3.05) is 38.2 Å². The van der Waals surface area contributed by atoms with Gasteiger partial charge in [-0.05, 0) is 30.7 Å². The molecule has 1 aliphatic rings. The summed E-state index contributed by atoms with van der Waals surface area (Å²) in [6, 6.07) is 6.60. The lowest BCUT2D eigenvalue weighted by molar-refractivity contribution is -0.126. The van der Waals surface area contributed by atoms with Gasteiger partial charge in [-0.25, -0.2) is 14.4 Å². The fourth-order valence-corrected chi connectivity index (χ4v) is 3.21. The standard InChI is InChI=1S/C22H27FN4O2/c1-15(2)22-24-16(3)13-20(25-22)26-9-11-27(12-10-26)21(28)8-6-17-5-7-19(29-4)18(23)14-17/h5-8,13-15H,9-12H2,1-4H3/b8-6+. The normalized spacial score (nSPS) is 14.7. The number of carbonyl (C=O) groups is 1. The van der Waals surface area contributed by atoms with Crippen LogP contribution >= 0.6 is 0 Å². The van der Waals surface area contributed by atoms with Crippen molar-refractivity contribution in [1.29, 1.82) is 0 Å². The van der Waals surface area contributed by atoms with Crippen molar-refractivity contribution in [3.8, 4) is 5.75 Å². The molecule has 0 N–H and O–H groups in total. The second kappa shape index (κ2) is 9.03. The number of anilines is 1. The number of amides is 1. The molecule has 29 heavy (non-hydrogen) atoms. The van der Waals surface area contributed by atoms with Crippen LogP contribution in [0.25, 0.3) is 6.08 Å². The number of nitrogens with zero attached hydrogens (tertiary/aromatic N) is 4. The Hall–Kier alpha value is -2.96. The van der Waals surface area contributed by atoms with Gasteiger partial charge in [-0.2, -0.15) is 0 Å². The first-order valence-electron chi connectivity index (χ1n) is 9.78. The van der Waals surface area contributed by atoms with E-state index in [2.05, 4.69) is 28.7 Å². The number of carbonyl (C=O) groups excluding carboxylic acids is 1. The van der Waals surface area contributed by atoms with Crippen molar-refractivity contribution in [3.05, 3.63) is 53.2 Å². The highest BCUT2D eigenvalue weighted by molar-refractivity contribution is 5.92. The molecule has 3 rings (SSSR count). The average molecular weight is 398 g/mol. The Labute approximate surface area is 171 Å². The van der Waals surface area contributed by atoms with Gasteiger partial charge in [0.25, 0.3) is 0 Å². The molecule has 154 valence electrons. The summed E-state index contributed by atoms with van der Waals surface area (Å²) in [5.74, 6) is 1.68. The number of hydrogen-bond donors (Lipinski definition) is 0. The minimum atomic E-state index is -0.448. The third-order valence-corrected chi connectivity index (χ3v) is 4.88. The van der Waals surface area contributed by atoms with E-state index < -0.39 is 5.82 Å². The van der Waals surface area contributed by atoms with Crippen LogP contribution in [0, 0.1) is 12.7 Å². The van der Waals surface area contributed by atoms with Gasteiger partial charge in [-0.3, -0.25) is 4.79 Å². The maximum atomic E-state index is 13.8. The lowest BCUT2D eigenvalue weighted by Gasteiger charge is -2.35. The van der Waals surface area contributed by atoms with E-state index in [0.29, 0.717) is 31.7 Å². The Morgan fingerprint density at radius 2 is 1.90 bits per heavy atom. The summed E-state index contributed by atoms with van der Waals surface area (Å²) in [6.45, 7) is 8.78. The van der Waals surface area contributed by atoms with Gasteiger partial charge in [0.2, 0.25) is 5.91 Å². The molecule has 7 heteroatoms. The van der Waals surface area contributed by atoms with Gasteiger partial charge in [-0.15, -0.1) is 0 Å². The van der Waals surface area contributed by atoms with Crippen LogP contribution < -0.4 is 9.64 Å². The van der Waals surface area contributed by atoms with E-state index in [-0.39, 0.29) is 17.6 Å². The number of benzene rings is 1. The van der Waals surface area contributed by atoms with Crippen molar-refractivity contribution in [1.82, 2.24) is 14.9 Å². The van der Waals surface area contributed by atoms with Crippen LogP contribution in [0.2, 0.25) is 0 Å². The van der Waals surface area contributed by atoms with Crippen LogP contribution in [0.5, 0.6) is 5.75 Å². The fourth-order valence-electron chi connectivity index (χ4n) is 3.21. The molecule has 0 radical (unpaired) electrons. The molecule has 0 atom stereocenters. The minimum absolute atomic E-state index is 0.0809. The molecule has 1 saturated heterocycles. The maximum absolute atomic E-state index is 13.8. The second-order valence-corrected chi connectivity index (χ2v) is 7.42. The van der Waals surface area contributed by atoms with Crippen molar-refractivity contribution >= 4 is 17.8 Å². The van der Waals surface area contributed by atoms with E-state index >= 15 is 0 Å². The number of aryl methyl sites for hydroxylation is 1. The highest BCUT2D eigenvalue weighted by atomic mass is 19.1. The number of aromatic nitrogens is 2. The summed E-state index contributed by atoms with van der Waals surface area (Å²) in [7, 11) is 1.42. The summed E-state index contributed by atoms with van der Waals surface area (Å²) in [5, 5.41) is 0. The van der Waals surface area contributed by atoms with E-state index in [1.165, 1.54) is 19.3 Å². The highest BCUT2D eigenvalue weighted by Gasteiger charge is 2.21. The average Bonchev–Trinajstić information content (AvgIpc) is 2.71. The van der Waals surface area contributed by atoms with Gasteiger partial charge in [0.05, 0.1) is 7.11 Å². The Bertz CT molecular complexity index is 906. The molecule has 0 spiro atoms. The van der Waals surface area contributed by atoms with Crippen molar-refractivity contribution in [2.24, 2.45) is 0 Å². The Kier molecular flexibility index (Phi) is 6.46. The molecule has 0 unspecified atom stereocenters. The highest BCUT2D eigenvalue weighted by Crippen LogP contribution is 2.20. The van der Waals surface area contributed by atoms with Gasteiger partial charge in [0.15, 0.2) is 11.6 Å². The van der Waals surface area contributed by atoms with Crippen LogP contribution in [-0.2, 0) is 4.79 Å². The predicted octanol–water partition coefficient (Wildman–Crippen LogP) is 3.42. The molecular formula is C22H27FN4O2. The Balaban J connectivity index is 1.60. The second-order valence-electron chi connectivity index (χ2n) is 7.42. The molecule has 1 fully saturated rings. The minimum Gasteiger partial charge on any atom is -0.494 e. The first-order chi connectivity index (χ1) is 13.9. The van der Waals surface area contributed by atoms with Crippen molar-refractivity contribution < 1.29 is 13.9 Å². The van der Waals surface area contributed by atoms with Crippen molar-refractivity contribution in [3.63, 3.8) is 0 Å². The Morgan fingerprint density at radius 3 is 2.52 bits per heavy atom. The lowest BCUT2D eigenvalue weighted by atomic mass is 10.2. The molecule has 1 aromatic carbocycles. The lowest BCUT2D eigenvalue weighted by Crippen LogP contribution is -2.48. The van der Waals surface area contributed by atoms with Gasteiger partial charge in [-0.1, -0.05) is 19.9 Å². The summed E-state index contributed by atoms with van der Waals surface area (Å²) in [6.07, 6.45) is 3.11. The fraction of sp³-hybridized carbons (Fsp3) is 0.409. The molecule has 2 aromatic rings. The number of hydrogen-bond acceptors (Lipinski definition) is 5. The topological polar surface area (TPSA) is 58.6 Å². The van der Waals surface area contributed by atoms with Crippen LogP contribution in [0.15, 0.2) is 30.3 Å². The molecule has 0 bridgehead atoms. The quantitative estimate of drug-likeness (QED) is 0.723. The summed E-state index contributed by atoms with van der Waals surface area (Å²) < 4.78 is 18.7. The van der Waals surface area contributed by atoms with Gasteiger partial charge >= 0.3 is 0 Å².